The lowest BCUT2D eigenvalue weighted by atomic mass is 10.0. The van der Waals surface area contributed by atoms with Crippen LogP contribution in [-0.4, -0.2) is 66.5 Å². The lowest BCUT2D eigenvalue weighted by molar-refractivity contribution is 0.0789. The molecule has 0 radical (unpaired) electrons. The number of carbonyl (C=O) groups excluding carboxylic acids is 1. The van der Waals surface area contributed by atoms with E-state index in [2.05, 4.69) is 41.0 Å². The van der Waals surface area contributed by atoms with Crippen molar-refractivity contribution in [3.8, 4) is 0 Å². The van der Waals surface area contributed by atoms with Gasteiger partial charge in [-0.25, -0.2) is 4.98 Å². The van der Waals surface area contributed by atoms with Gasteiger partial charge in [0.05, 0.1) is 5.51 Å². The number of hydrogen-bond acceptors (Lipinski definition) is 5. The summed E-state index contributed by atoms with van der Waals surface area (Å²) in [4.78, 5) is 20.9. The second-order valence-electron chi connectivity index (χ2n) is 5.73. The van der Waals surface area contributed by atoms with Crippen molar-refractivity contribution >= 4 is 17.2 Å². The van der Waals surface area contributed by atoms with E-state index < -0.39 is 0 Å². The van der Waals surface area contributed by atoms with Crippen molar-refractivity contribution in [2.75, 3.05) is 39.8 Å². The molecule has 0 saturated carbocycles. The first-order valence-electron chi connectivity index (χ1n) is 7.17. The van der Waals surface area contributed by atoms with Crippen molar-refractivity contribution < 1.29 is 4.79 Å². The molecule has 6 heteroatoms. The molecule has 1 saturated heterocycles. The molecule has 2 heterocycles. The number of nitrogens with zero attached hydrogens (tertiary/aromatic N) is 3. The van der Waals surface area contributed by atoms with E-state index in [-0.39, 0.29) is 5.91 Å². The molecule has 5 nitrogen and oxygen atoms in total. The molecule has 0 aromatic carbocycles. The zero-order valence-electron chi connectivity index (χ0n) is 12.5. The smallest absolute Gasteiger partial charge is 0.270 e. The van der Waals surface area contributed by atoms with Gasteiger partial charge in [-0.2, -0.15) is 0 Å². The first kappa shape index (κ1) is 15.4. The number of thiazole rings is 1. The van der Waals surface area contributed by atoms with Gasteiger partial charge in [-0.1, -0.05) is 13.8 Å². The van der Waals surface area contributed by atoms with Gasteiger partial charge in [0.1, 0.15) is 5.69 Å². The fourth-order valence-electron chi connectivity index (χ4n) is 2.55. The van der Waals surface area contributed by atoms with E-state index in [1.807, 2.05) is 0 Å². The Hall–Kier alpha value is -0.980. The molecule has 1 amide bonds. The van der Waals surface area contributed by atoms with E-state index in [4.69, 9.17) is 0 Å². The number of hydrogen-bond donors (Lipinski definition) is 1. The molecule has 1 N–H and O–H groups in total. The topological polar surface area (TPSA) is 48.5 Å². The Morgan fingerprint density at radius 3 is 2.65 bits per heavy atom. The van der Waals surface area contributed by atoms with Crippen LogP contribution in [-0.2, 0) is 0 Å². The van der Waals surface area contributed by atoms with Gasteiger partial charge in [0.15, 0.2) is 0 Å². The summed E-state index contributed by atoms with van der Waals surface area (Å²) < 4.78 is 0. The molecule has 112 valence electrons. The third-order valence-corrected chi connectivity index (χ3v) is 4.50. The summed E-state index contributed by atoms with van der Waals surface area (Å²) in [6, 6.07) is 0.395. The normalized spacial score (nSPS) is 19.2. The van der Waals surface area contributed by atoms with Gasteiger partial charge in [0.25, 0.3) is 5.91 Å². The van der Waals surface area contributed by atoms with Gasteiger partial charge < -0.3 is 10.2 Å². The Morgan fingerprint density at radius 1 is 1.40 bits per heavy atom. The van der Waals surface area contributed by atoms with E-state index in [0.717, 1.165) is 26.2 Å². The highest BCUT2D eigenvalue weighted by Gasteiger charge is 2.25. The quantitative estimate of drug-likeness (QED) is 0.885. The van der Waals surface area contributed by atoms with Crippen molar-refractivity contribution in [2.24, 2.45) is 5.92 Å². The van der Waals surface area contributed by atoms with Gasteiger partial charge in [0, 0.05) is 44.1 Å². The molecule has 20 heavy (non-hydrogen) atoms. The lowest BCUT2D eigenvalue weighted by Gasteiger charge is -2.39. The molecule has 1 aromatic rings. The van der Waals surface area contributed by atoms with Crippen LogP contribution in [0, 0.1) is 5.92 Å². The van der Waals surface area contributed by atoms with Crippen LogP contribution in [0.5, 0.6) is 0 Å². The number of carbonyl (C=O) groups is 1. The van der Waals surface area contributed by atoms with Gasteiger partial charge in [-0.3, -0.25) is 9.69 Å². The average Bonchev–Trinajstić information content (AvgIpc) is 2.94. The molecular formula is C14H24N4OS. The minimum atomic E-state index is -0.0639. The van der Waals surface area contributed by atoms with Crippen molar-refractivity contribution in [3.63, 3.8) is 0 Å². The molecule has 0 aliphatic carbocycles. The zero-order valence-corrected chi connectivity index (χ0v) is 13.3. The highest BCUT2D eigenvalue weighted by molar-refractivity contribution is 7.07. The number of likely N-dealkylation sites (N-methyl/N-ethyl adjacent to an activating group) is 1. The molecule has 2 rings (SSSR count). The molecule has 1 aromatic heterocycles. The fourth-order valence-corrected chi connectivity index (χ4v) is 3.08. The maximum absolute atomic E-state index is 12.0. The van der Waals surface area contributed by atoms with Crippen LogP contribution in [0.15, 0.2) is 10.9 Å². The molecule has 1 aliphatic heterocycles. The minimum Gasteiger partial charge on any atom is -0.349 e. The third kappa shape index (κ3) is 4.01. The fraction of sp³-hybridized carbons (Fsp3) is 0.714. The molecule has 1 atom stereocenters. The van der Waals surface area contributed by atoms with Crippen molar-refractivity contribution in [1.82, 2.24) is 20.1 Å². The van der Waals surface area contributed by atoms with E-state index in [1.165, 1.54) is 11.3 Å². The maximum Gasteiger partial charge on any atom is 0.270 e. The van der Waals surface area contributed by atoms with Crippen LogP contribution >= 0.6 is 11.3 Å². The van der Waals surface area contributed by atoms with E-state index in [9.17, 15) is 4.79 Å². The van der Waals surface area contributed by atoms with Gasteiger partial charge >= 0.3 is 0 Å². The second-order valence-corrected chi connectivity index (χ2v) is 6.45. The number of rotatable bonds is 5. The lowest BCUT2D eigenvalue weighted by Crippen LogP contribution is -2.54. The van der Waals surface area contributed by atoms with Crippen molar-refractivity contribution in [3.05, 3.63) is 16.6 Å². The monoisotopic (exact) mass is 296 g/mol. The van der Waals surface area contributed by atoms with Crippen LogP contribution in [0.25, 0.3) is 0 Å². The molecule has 1 unspecified atom stereocenters. The summed E-state index contributed by atoms with van der Waals surface area (Å²) in [5.41, 5.74) is 2.21. The minimum absolute atomic E-state index is 0.0639. The Labute approximate surface area is 125 Å². The molecular weight excluding hydrogens is 272 g/mol. The standard InChI is InChI=1S/C14H24N4OS/c1-11(2)13(18-6-4-17(3)5-7-18)8-15-14(19)12-9-20-10-16-12/h9-11,13H,4-8H2,1-3H3,(H,15,19). The van der Waals surface area contributed by atoms with Crippen LogP contribution in [0.3, 0.4) is 0 Å². The van der Waals surface area contributed by atoms with E-state index in [0.29, 0.717) is 24.2 Å². The van der Waals surface area contributed by atoms with Crippen LogP contribution in [0.1, 0.15) is 24.3 Å². The van der Waals surface area contributed by atoms with Crippen LogP contribution in [0.4, 0.5) is 0 Å². The molecule has 1 aliphatic rings. The highest BCUT2D eigenvalue weighted by Crippen LogP contribution is 2.13. The van der Waals surface area contributed by atoms with Crippen molar-refractivity contribution in [2.45, 2.75) is 19.9 Å². The summed E-state index contributed by atoms with van der Waals surface area (Å²) in [6.45, 7) is 9.48. The Morgan fingerprint density at radius 2 is 2.10 bits per heavy atom. The third-order valence-electron chi connectivity index (χ3n) is 3.91. The van der Waals surface area contributed by atoms with E-state index in [1.54, 1.807) is 10.9 Å². The van der Waals surface area contributed by atoms with Crippen molar-refractivity contribution in [1.29, 1.82) is 0 Å². The summed E-state index contributed by atoms with van der Waals surface area (Å²) >= 11 is 1.45. The predicted molar refractivity (Wildman–Crippen MR) is 82.1 cm³/mol. The Kier molecular flexibility index (Phi) is 5.51. The van der Waals surface area contributed by atoms with Crippen LogP contribution < -0.4 is 5.32 Å². The van der Waals surface area contributed by atoms with Gasteiger partial charge in [-0.15, -0.1) is 11.3 Å². The Balaban J connectivity index is 1.88. The maximum atomic E-state index is 12.0. The first-order chi connectivity index (χ1) is 9.58. The molecule has 0 spiro atoms. The second kappa shape index (κ2) is 7.15. The number of piperazine rings is 1. The summed E-state index contributed by atoms with van der Waals surface area (Å²) in [5.74, 6) is 0.458. The van der Waals surface area contributed by atoms with Gasteiger partial charge in [-0.05, 0) is 13.0 Å². The predicted octanol–water partition coefficient (Wildman–Crippen LogP) is 1.14. The molecule has 1 fully saturated rings. The first-order valence-corrected chi connectivity index (χ1v) is 8.11. The number of aromatic nitrogens is 1. The zero-order chi connectivity index (χ0) is 14.5. The average molecular weight is 296 g/mol. The van der Waals surface area contributed by atoms with E-state index >= 15 is 0 Å². The SMILES string of the molecule is CC(C)C(CNC(=O)c1cscn1)N1CCN(C)CC1. The summed E-state index contributed by atoms with van der Waals surface area (Å²) in [5, 5.41) is 4.81. The summed E-state index contributed by atoms with van der Waals surface area (Å²) in [6.07, 6.45) is 0. The Bertz CT molecular complexity index is 413. The van der Waals surface area contributed by atoms with Crippen LogP contribution in [0.2, 0.25) is 0 Å². The highest BCUT2D eigenvalue weighted by atomic mass is 32.1. The molecule has 0 bridgehead atoms. The largest absolute Gasteiger partial charge is 0.349 e. The number of amides is 1. The summed E-state index contributed by atoms with van der Waals surface area (Å²) in [7, 11) is 2.16. The van der Waals surface area contributed by atoms with Gasteiger partial charge in [0.2, 0.25) is 0 Å². The number of nitrogens with one attached hydrogen (secondary N) is 1.